The molecule has 0 saturated carbocycles. The van der Waals surface area contributed by atoms with Gasteiger partial charge in [0.05, 0.1) is 24.9 Å². The molecule has 1 aliphatic rings. The Hall–Kier alpha value is -3.00. The van der Waals surface area contributed by atoms with E-state index < -0.39 is 0 Å². The van der Waals surface area contributed by atoms with Crippen molar-refractivity contribution in [3.8, 4) is 11.3 Å². The van der Waals surface area contributed by atoms with Gasteiger partial charge in [-0.15, -0.1) is 0 Å². The third kappa shape index (κ3) is 5.62. The highest BCUT2D eigenvalue weighted by atomic mass is 35.5. The summed E-state index contributed by atoms with van der Waals surface area (Å²) in [6.45, 7) is 3.14. The van der Waals surface area contributed by atoms with Crippen molar-refractivity contribution in [2.75, 3.05) is 32.8 Å². The summed E-state index contributed by atoms with van der Waals surface area (Å²) >= 11 is 6.05. The number of carbonyl (C=O) groups is 1. The number of aromatic nitrogens is 2. The molecular formula is C24H25ClN4O3. The van der Waals surface area contributed by atoms with E-state index in [0.29, 0.717) is 30.5 Å². The van der Waals surface area contributed by atoms with Gasteiger partial charge in [-0.1, -0.05) is 54.1 Å². The molecule has 2 heterocycles. The van der Waals surface area contributed by atoms with Crippen LogP contribution in [0, 0.1) is 0 Å². The van der Waals surface area contributed by atoms with Crippen LogP contribution in [0.25, 0.3) is 11.3 Å². The Kier molecular flexibility index (Phi) is 7.32. The quantitative estimate of drug-likeness (QED) is 0.596. The van der Waals surface area contributed by atoms with Crippen LogP contribution in [0.5, 0.6) is 0 Å². The van der Waals surface area contributed by atoms with Crippen LogP contribution in [0.15, 0.2) is 71.5 Å². The number of nitrogens with one attached hydrogen (secondary N) is 1. The SMILES string of the molecule is O=C(Cn1nc(-c2ccccc2)ccc1=O)NCC(c1ccc(Cl)cc1)N1CCOCC1. The van der Waals surface area contributed by atoms with Gasteiger partial charge >= 0.3 is 0 Å². The van der Waals surface area contributed by atoms with E-state index in [1.54, 1.807) is 6.07 Å². The van der Waals surface area contributed by atoms with Gasteiger partial charge in [0.25, 0.3) is 5.56 Å². The van der Waals surface area contributed by atoms with Crippen molar-refractivity contribution < 1.29 is 9.53 Å². The molecule has 7 nitrogen and oxygen atoms in total. The lowest BCUT2D eigenvalue weighted by Gasteiger charge is -2.35. The summed E-state index contributed by atoms with van der Waals surface area (Å²) in [5.41, 5.74) is 2.28. The maximum Gasteiger partial charge on any atom is 0.267 e. The van der Waals surface area contributed by atoms with E-state index >= 15 is 0 Å². The molecule has 1 atom stereocenters. The topological polar surface area (TPSA) is 76.5 Å². The minimum absolute atomic E-state index is 0.0135. The van der Waals surface area contributed by atoms with Crippen molar-refractivity contribution in [2.45, 2.75) is 12.6 Å². The average molecular weight is 453 g/mol. The van der Waals surface area contributed by atoms with E-state index in [2.05, 4.69) is 15.3 Å². The lowest BCUT2D eigenvalue weighted by molar-refractivity contribution is -0.122. The summed E-state index contributed by atoms with van der Waals surface area (Å²) in [6.07, 6.45) is 0. The number of rotatable bonds is 7. The number of nitrogens with zero attached hydrogens (tertiary/aromatic N) is 3. The molecular weight excluding hydrogens is 428 g/mol. The third-order valence-corrected chi connectivity index (χ3v) is 5.72. The molecule has 0 bridgehead atoms. The fourth-order valence-electron chi connectivity index (χ4n) is 3.76. The van der Waals surface area contributed by atoms with Crippen molar-refractivity contribution >= 4 is 17.5 Å². The largest absolute Gasteiger partial charge is 0.379 e. The first-order chi connectivity index (χ1) is 15.6. The molecule has 0 radical (unpaired) electrons. The lowest BCUT2D eigenvalue weighted by Crippen LogP contribution is -2.44. The van der Waals surface area contributed by atoms with Gasteiger partial charge in [-0.05, 0) is 23.8 Å². The normalized spacial score (nSPS) is 15.3. The van der Waals surface area contributed by atoms with Crippen LogP contribution in [0.1, 0.15) is 11.6 Å². The minimum atomic E-state index is -0.317. The molecule has 32 heavy (non-hydrogen) atoms. The van der Waals surface area contributed by atoms with Crippen LogP contribution < -0.4 is 10.9 Å². The highest BCUT2D eigenvalue weighted by Crippen LogP contribution is 2.23. The smallest absolute Gasteiger partial charge is 0.267 e. The predicted molar refractivity (Wildman–Crippen MR) is 124 cm³/mol. The molecule has 1 aromatic heterocycles. The van der Waals surface area contributed by atoms with Gasteiger partial charge in [-0.2, -0.15) is 5.10 Å². The van der Waals surface area contributed by atoms with Gasteiger partial charge in [-0.3, -0.25) is 14.5 Å². The molecule has 1 saturated heterocycles. The fourth-order valence-corrected chi connectivity index (χ4v) is 3.89. The molecule has 0 spiro atoms. The number of hydrogen-bond acceptors (Lipinski definition) is 5. The highest BCUT2D eigenvalue weighted by molar-refractivity contribution is 6.30. The van der Waals surface area contributed by atoms with Crippen LogP contribution in [0.4, 0.5) is 0 Å². The fraction of sp³-hybridized carbons (Fsp3) is 0.292. The second-order valence-electron chi connectivity index (χ2n) is 7.60. The molecule has 1 N–H and O–H groups in total. The van der Waals surface area contributed by atoms with Gasteiger partial charge in [0.1, 0.15) is 6.54 Å². The summed E-state index contributed by atoms with van der Waals surface area (Å²) in [5.74, 6) is -0.267. The molecule has 8 heteroatoms. The van der Waals surface area contributed by atoms with Crippen LogP contribution >= 0.6 is 11.6 Å². The second-order valence-corrected chi connectivity index (χ2v) is 8.04. The number of ether oxygens (including phenoxy) is 1. The van der Waals surface area contributed by atoms with Gasteiger partial charge in [0, 0.05) is 36.3 Å². The Morgan fingerprint density at radius 1 is 1.03 bits per heavy atom. The third-order valence-electron chi connectivity index (χ3n) is 5.46. The minimum Gasteiger partial charge on any atom is -0.379 e. The number of morpholine rings is 1. The number of carbonyl (C=O) groups excluding carboxylic acids is 1. The molecule has 2 aromatic carbocycles. The van der Waals surface area contributed by atoms with Gasteiger partial charge in [0.15, 0.2) is 0 Å². The Labute approximate surface area is 191 Å². The standard InChI is InChI=1S/C24H25ClN4O3/c25-20-8-6-19(7-9-20)22(28-12-14-32-15-13-28)16-26-23(30)17-29-24(31)11-10-21(27-29)18-4-2-1-3-5-18/h1-11,22H,12-17H2,(H,26,30). The lowest BCUT2D eigenvalue weighted by atomic mass is 10.0. The van der Waals surface area contributed by atoms with Crippen molar-refractivity contribution in [1.29, 1.82) is 0 Å². The average Bonchev–Trinajstić information content (AvgIpc) is 2.83. The molecule has 166 valence electrons. The zero-order chi connectivity index (χ0) is 22.3. The second kappa shape index (κ2) is 10.5. The summed E-state index contributed by atoms with van der Waals surface area (Å²) in [6, 6.07) is 20.3. The zero-order valence-corrected chi connectivity index (χ0v) is 18.4. The highest BCUT2D eigenvalue weighted by Gasteiger charge is 2.23. The van der Waals surface area contributed by atoms with Crippen molar-refractivity contribution in [1.82, 2.24) is 20.0 Å². The van der Waals surface area contributed by atoms with E-state index in [0.717, 1.165) is 24.2 Å². The summed E-state index contributed by atoms with van der Waals surface area (Å²) in [7, 11) is 0. The van der Waals surface area contributed by atoms with Crippen molar-refractivity contribution in [3.63, 3.8) is 0 Å². The number of benzene rings is 2. The number of amides is 1. The maximum absolute atomic E-state index is 12.7. The summed E-state index contributed by atoms with van der Waals surface area (Å²) < 4.78 is 6.67. The number of halogens is 1. The molecule has 3 aromatic rings. The summed E-state index contributed by atoms with van der Waals surface area (Å²) in [4.78, 5) is 27.3. The molecule has 0 aliphatic carbocycles. The molecule has 1 aliphatic heterocycles. The number of hydrogen-bond donors (Lipinski definition) is 1. The van der Waals surface area contributed by atoms with E-state index in [9.17, 15) is 9.59 Å². The van der Waals surface area contributed by atoms with Crippen molar-refractivity contribution in [2.24, 2.45) is 0 Å². The Morgan fingerprint density at radius 3 is 2.47 bits per heavy atom. The van der Waals surface area contributed by atoms with Crippen LogP contribution in [0.2, 0.25) is 5.02 Å². The van der Waals surface area contributed by atoms with Crippen LogP contribution in [-0.2, 0) is 16.1 Å². The first-order valence-corrected chi connectivity index (χ1v) is 11.0. The molecule has 1 fully saturated rings. The molecule has 1 amide bonds. The first kappa shape index (κ1) is 22.2. The predicted octanol–water partition coefficient (Wildman–Crippen LogP) is 2.75. The van der Waals surface area contributed by atoms with E-state index in [-0.39, 0.29) is 24.1 Å². The summed E-state index contributed by atoms with van der Waals surface area (Å²) in [5, 5.41) is 8.01. The van der Waals surface area contributed by atoms with Gasteiger partial charge in [-0.25, -0.2) is 4.68 Å². The van der Waals surface area contributed by atoms with Crippen LogP contribution in [-0.4, -0.2) is 53.4 Å². The van der Waals surface area contributed by atoms with E-state index in [1.165, 1.54) is 10.7 Å². The first-order valence-electron chi connectivity index (χ1n) is 10.6. The Bertz CT molecular complexity index is 1100. The molecule has 1 unspecified atom stereocenters. The Balaban J connectivity index is 1.45. The van der Waals surface area contributed by atoms with Crippen LogP contribution in [0.3, 0.4) is 0 Å². The maximum atomic E-state index is 12.7. The van der Waals surface area contributed by atoms with Gasteiger partial charge < -0.3 is 10.1 Å². The Morgan fingerprint density at radius 2 is 1.75 bits per heavy atom. The monoisotopic (exact) mass is 452 g/mol. The van der Waals surface area contributed by atoms with E-state index in [1.807, 2.05) is 54.6 Å². The molecule has 4 rings (SSSR count). The van der Waals surface area contributed by atoms with Crippen molar-refractivity contribution in [3.05, 3.63) is 87.7 Å². The van der Waals surface area contributed by atoms with E-state index in [4.69, 9.17) is 16.3 Å². The zero-order valence-electron chi connectivity index (χ0n) is 17.6. The van der Waals surface area contributed by atoms with Gasteiger partial charge in [0.2, 0.25) is 5.91 Å².